The van der Waals surface area contributed by atoms with E-state index in [4.69, 9.17) is 24.7 Å². The highest BCUT2D eigenvalue weighted by Gasteiger charge is 2.13. The summed E-state index contributed by atoms with van der Waals surface area (Å²) in [5.74, 6) is 2.12. The van der Waals surface area contributed by atoms with E-state index in [2.05, 4.69) is 20.9 Å². The maximum Gasteiger partial charge on any atom is 0.203 e. The summed E-state index contributed by atoms with van der Waals surface area (Å²) in [6.45, 7) is 0. The van der Waals surface area contributed by atoms with E-state index in [1.54, 1.807) is 58.9 Å². The van der Waals surface area contributed by atoms with Gasteiger partial charge in [-0.2, -0.15) is 0 Å². The molecule has 182 valence electrons. The van der Waals surface area contributed by atoms with Crippen LogP contribution in [-0.4, -0.2) is 40.4 Å². The molecule has 8 heteroatoms. The number of ether oxygens (including phenoxy) is 4. The van der Waals surface area contributed by atoms with Crippen LogP contribution >= 0.6 is 15.9 Å². The third kappa shape index (κ3) is 6.22. The van der Waals surface area contributed by atoms with Crippen molar-refractivity contribution in [2.24, 2.45) is 4.99 Å². The zero-order valence-electron chi connectivity index (χ0n) is 20.0. The number of carbonyl (C=O) groups is 1. The van der Waals surface area contributed by atoms with Gasteiger partial charge in [-0.05, 0) is 63.5 Å². The number of hydrogen-bond donors (Lipinski definition) is 1. The van der Waals surface area contributed by atoms with Gasteiger partial charge >= 0.3 is 0 Å². The van der Waals surface area contributed by atoms with Crippen molar-refractivity contribution in [1.29, 1.82) is 0 Å². The van der Waals surface area contributed by atoms with Gasteiger partial charge < -0.3 is 24.7 Å². The van der Waals surface area contributed by atoms with Crippen LogP contribution in [-0.2, 0) is 0 Å². The monoisotopic (exact) mass is 538 g/mol. The second kappa shape index (κ2) is 12.1. The largest absolute Gasteiger partial charge is 0.493 e. The van der Waals surface area contributed by atoms with Gasteiger partial charge in [0.25, 0.3) is 0 Å². The first-order valence-electron chi connectivity index (χ1n) is 10.7. The molecule has 0 fully saturated rings. The Labute approximate surface area is 213 Å². The van der Waals surface area contributed by atoms with Gasteiger partial charge in [-0.15, -0.1) is 0 Å². The maximum absolute atomic E-state index is 12.5. The Morgan fingerprint density at radius 2 is 1.49 bits per heavy atom. The van der Waals surface area contributed by atoms with Gasteiger partial charge in [0.1, 0.15) is 5.69 Å². The quantitative estimate of drug-likeness (QED) is 0.143. The highest BCUT2D eigenvalue weighted by molar-refractivity contribution is 9.10. The number of nitrogen functional groups attached to an aromatic ring is 1. The fourth-order valence-electron chi connectivity index (χ4n) is 3.47. The Bertz CT molecular complexity index is 1250. The molecule has 0 heterocycles. The zero-order chi connectivity index (χ0) is 25.4. The minimum absolute atomic E-state index is 0.108. The van der Waals surface area contributed by atoms with E-state index in [-0.39, 0.29) is 12.2 Å². The van der Waals surface area contributed by atoms with Crippen LogP contribution < -0.4 is 24.7 Å². The van der Waals surface area contributed by atoms with Gasteiger partial charge in [0.15, 0.2) is 23.0 Å². The third-order valence-corrected chi connectivity index (χ3v) is 5.76. The number of halogens is 1. The molecule has 0 saturated carbocycles. The number of aliphatic imine (C=N–C) groups is 1. The summed E-state index contributed by atoms with van der Waals surface area (Å²) in [7, 11) is 6.29. The van der Waals surface area contributed by atoms with Crippen LogP contribution in [0.2, 0.25) is 0 Å². The molecule has 0 unspecified atom stereocenters. The van der Waals surface area contributed by atoms with Crippen LogP contribution in [0.3, 0.4) is 0 Å². The second-order valence-corrected chi connectivity index (χ2v) is 8.23. The smallest absolute Gasteiger partial charge is 0.203 e. The van der Waals surface area contributed by atoms with Crippen molar-refractivity contribution < 1.29 is 23.7 Å². The molecule has 3 aromatic carbocycles. The van der Waals surface area contributed by atoms with E-state index in [1.165, 1.54) is 0 Å². The molecule has 7 nitrogen and oxygen atoms in total. The number of benzene rings is 3. The predicted octanol–water partition coefficient (Wildman–Crippen LogP) is 6.21. The minimum atomic E-state index is -0.108. The Hall–Kier alpha value is -3.78. The molecule has 0 spiro atoms. The molecule has 2 N–H and O–H groups in total. The number of nitrogens with zero attached hydrogens (tertiary/aromatic N) is 1. The van der Waals surface area contributed by atoms with Crippen LogP contribution in [0, 0.1) is 0 Å². The van der Waals surface area contributed by atoms with Gasteiger partial charge in [-0.25, -0.2) is 0 Å². The number of Topliss-reactive ketones (excluding diaryl/α,β-unsaturated/α-hetero) is 1. The third-order valence-electron chi connectivity index (χ3n) is 5.17. The molecule has 3 aromatic rings. The lowest BCUT2D eigenvalue weighted by molar-refractivity contribution is 0.100. The summed E-state index contributed by atoms with van der Waals surface area (Å²) in [5.41, 5.74) is 9.15. The van der Waals surface area contributed by atoms with Gasteiger partial charge in [0, 0.05) is 23.9 Å². The number of rotatable bonds is 10. The molecule has 0 amide bonds. The van der Waals surface area contributed by atoms with Crippen LogP contribution in [0.15, 0.2) is 58.0 Å². The summed E-state index contributed by atoms with van der Waals surface area (Å²) in [6.07, 6.45) is 5.53. The predicted molar refractivity (Wildman–Crippen MR) is 144 cm³/mol. The average Bonchev–Trinajstić information content (AvgIpc) is 2.86. The molecule has 0 saturated heterocycles. The Morgan fingerprint density at radius 1 is 0.886 bits per heavy atom. The fourth-order valence-corrected chi connectivity index (χ4v) is 4.10. The van der Waals surface area contributed by atoms with Crippen molar-refractivity contribution in [3.63, 3.8) is 0 Å². The normalized spacial score (nSPS) is 11.1. The number of hydrogen-bond acceptors (Lipinski definition) is 7. The summed E-state index contributed by atoms with van der Waals surface area (Å²) in [6, 6.07) is 14.5. The van der Waals surface area contributed by atoms with Crippen molar-refractivity contribution in [2.45, 2.75) is 6.42 Å². The van der Waals surface area contributed by atoms with Crippen LogP contribution in [0.25, 0.3) is 12.2 Å². The highest BCUT2D eigenvalue weighted by atomic mass is 79.9. The standard InChI is InChI=1S/C27H27BrN2O5/c1-32-24-15-18(16-25(33-2)27(24)35-4)10-9-17-13-20(28)26(34-3)22(14-17)30-12-11-23(31)19-7-5-6-8-21(19)29/h5-10,12-16H,11,29H2,1-4H3/b10-9-,30-12?. The van der Waals surface area contributed by atoms with E-state index >= 15 is 0 Å². The first kappa shape index (κ1) is 25.8. The molecule has 35 heavy (non-hydrogen) atoms. The topological polar surface area (TPSA) is 92.4 Å². The molecular formula is C27H27BrN2O5. The lowest BCUT2D eigenvalue weighted by Gasteiger charge is -2.13. The van der Waals surface area contributed by atoms with Crippen molar-refractivity contribution in [3.05, 3.63) is 69.7 Å². The lowest BCUT2D eigenvalue weighted by Crippen LogP contribution is -2.03. The summed E-state index contributed by atoms with van der Waals surface area (Å²) < 4.78 is 22.5. The molecule has 3 rings (SSSR count). The summed E-state index contributed by atoms with van der Waals surface area (Å²) in [4.78, 5) is 17.0. The Balaban J connectivity index is 1.87. The highest BCUT2D eigenvalue weighted by Crippen LogP contribution is 2.39. The molecule has 0 aliphatic heterocycles. The Kier molecular flexibility index (Phi) is 8.92. The maximum atomic E-state index is 12.5. The van der Waals surface area contributed by atoms with E-state index in [1.807, 2.05) is 36.4 Å². The number of para-hydroxylation sites is 1. The van der Waals surface area contributed by atoms with Crippen molar-refractivity contribution in [3.8, 4) is 23.0 Å². The fraction of sp³-hybridized carbons (Fsp3) is 0.185. The average molecular weight is 539 g/mol. The second-order valence-electron chi connectivity index (χ2n) is 7.37. The molecule has 0 bridgehead atoms. The lowest BCUT2D eigenvalue weighted by atomic mass is 10.1. The van der Waals surface area contributed by atoms with E-state index in [0.717, 1.165) is 15.6 Å². The molecule has 0 atom stereocenters. The first-order chi connectivity index (χ1) is 16.9. The van der Waals surface area contributed by atoms with Gasteiger partial charge in [-0.3, -0.25) is 9.79 Å². The van der Waals surface area contributed by atoms with E-state index < -0.39 is 0 Å². The van der Waals surface area contributed by atoms with Gasteiger partial charge in [0.05, 0.1) is 32.9 Å². The van der Waals surface area contributed by atoms with Gasteiger partial charge in [0.2, 0.25) is 5.75 Å². The van der Waals surface area contributed by atoms with E-state index in [9.17, 15) is 4.79 Å². The number of carbonyl (C=O) groups excluding carboxylic acids is 1. The molecule has 0 aliphatic rings. The molecule has 0 aromatic heterocycles. The van der Waals surface area contributed by atoms with E-state index in [0.29, 0.717) is 39.9 Å². The molecule has 0 aliphatic carbocycles. The van der Waals surface area contributed by atoms with Crippen molar-refractivity contribution in [2.75, 3.05) is 34.2 Å². The molecular weight excluding hydrogens is 512 g/mol. The zero-order valence-corrected chi connectivity index (χ0v) is 21.6. The van der Waals surface area contributed by atoms with Gasteiger partial charge in [-0.1, -0.05) is 24.3 Å². The minimum Gasteiger partial charge on any atom is -0.493 e. The number of methoxy groups -OCH3 is 4. The van der Waals surface area contributed by atoms with Crippen LogP contribution in [0.4, 0.5) is 11.4 Å². The SMILES string of the molecule is COc1cc(/C=C\c2cc(Br)c(OC)c(N=CCC(=O)c3ccccc3N)c2)cc(OC)c1OC. The number of nitrogens with two attached hydrogens (primary N) is 1. The first-order valence-corrected chi connectivity index (χ1v) is 11.5. The molecule has 0 radical (unpaired) electrons. The van der Waals surface area contributed by atoms with Crippen LogP contribution in [0.1, 0.15) is 27.9 Å². The van der Waals surface area contributed by atoms with Crippen molar-refractivity contribution >= 4 is 51.5 Å². The van der Waals surface area contributed by atoms with Crippen LogP contribution in [0.5, 0.6) is 23.0 Å². The van der Waals surface area contributed by atoms with Crippen molar-refractivity contribution in [1.82, 2.24) is 0 Å². The summed E-state index contributed by atoms with van der Waals surface area (Å²) in [5, 5.41) is 0. The number of anilines is 1. The number of ketones is 1. The Morgan fingerprint density at radius 3 is 2.06 bits per heavy atom. The summed E-state index contributed by atoms with van der Waals surface area (Å²) >= 11 is 3.54.